The minimum atomic E-state index is -0.327. The Morgan fingerprint density at radius 3 is 2.74 bits per heavy atom. The molecule has 1 aromatic carbocycles. The van der Waals surface area contributed by atoms with Gasteiger partial charge >= 0.3 is 0 Å². The van der Waals surface area contributed by atoms with Gasteiger partial charge < -0.3 is 14.6 Å². The SMILES string of the molecule is CNC(C)(C)c1nc(Cc2ccccc2OC)no1. The Labute approximate surface area is 113 Å². The highest BCUT2D eigenvalue weighted by atomic mass is 16.5. The molecule has 2 rings (SSSR count). The lowest BCUT2D eigenvalue weighted by atomic mass is 10.1. The lowest BCUT2D eigenvalue weighted by Crippen LogP contribution is -2.33. The first-order chi connectivity index (χ1) is 9.06. The normalized spacial score (nSPS) is 11.6. The lowest BCUT2D eigenvalue weighted by Gasteiger charge is -2.17. The van der Waals surface area contributed by atoms with Crippen molar-refractivity contribution in [3.05, 3.63) is 41.5 Å². The Morgan fingerprint density at radius 2 is 2.05 bits per heavy atom. The fourth-order valence-electron chi connectivity index (χ4n) is 1.71. The quantitative estimate of drug-likeness (QED) is 0.893. The van der Waals surface area contributed by atoms with Crippen LogP contribution >= 0.6 is 0 Å². The molecule has 2 aromatic rings. The maximum absolute atomic E-state index is 5.31. The van der Waals surface area contributed by atoms with Crippen LogP contribution in [0.5, 0.6) is 5.75 Å². The maximum Gasteiger partial charge on any atom is 0.246 e. The molecular formula is C14H19N3O2. The number of nitrogens with one attached hydrogen (secondary N) is 1. The summed E-state index contributed by atoms with van der Waals surface area (Å²) in [5.74, 6) is 2.07. The first kappa shape index (κ1) is 13.5. The molecule has 0 bridgehead atoms. The zero-order valence-electron chi connectivity index (χ0n) is 11.7. The zero-order valence-corrected chi connectivity index (χ0v) is 11.7. The largest absolute Gasteiger partial charge is 0.496 e. The second-order valence-corrected chi connectivity index (χ2v) is 4.88. The van der Waals surface area contributed by atoms with Crippen molar-refractivity contribution in [1.29, 1.82) is 0 Å². The van der Waals surface area contributed by atoms with Gasteiger partial charge in [-0.15, -0.1) is 0 Å². The number of benzene rings is 1. The van der Waals surface area contributed by atoms with E-state index in [0.29, 0.717) is 18.1 Å². The summed E-state index contributed by atoms with van der Waals surface area (Å²) < 4.78 is 10.6. The summed E-state index contributed by atoms with van der Waals surface area (Å²) in [5, 5.41) is 7.16. The molecule has 0 saturated carbocycles. The molecule has 0 radical (unpaired) electrons. The van der Waals surface area contributed by atoms with E-state index in [0.717, 1.165) is 11.3 Å². The minimum Gasteiger partial charge on any atom is -0.496 e. The summed E-state index contributed by atoms with van der Waals surface area (Å²) in [6, 6.07) is 7.83. The molecule has 0 aliphatic carbocycles. The number of para-hydroxylation sites is 1. The van der Waals surface area contributed by atoms with E-state index in [1.807, 2.05) is 45.2 Å². The third-order valence-electron chi connectivity index (χ3n) is 3.17. The number of nitrogens with zero attached hydrogens (tertiary/aromatic N) is 2. The Morgan fingerprint density at radius 1 is 1.32 bits per heavy atom. The van der Waals surface area contributed by atoms with Crippen LogP contribution in [-0.2, 0) is 12.0 Å². The molecule has 0 fully saturated rings. The molecule has 19 heavy (non-hydrogen) atoms. The van der Waals surface area contributed by atoms with Gasteiger partial charge in [-0.2, -0.15) is 4.98 Å². The fourth-order valence-corrected chi connectivity index (χ4v) is 1.71. The molecule has 0 aliphatic rings. The van der Waals surface area contributed by atoms with Crippen LogP contribution in [0, 0.1) is 0 Å². The first-order valence-electron chi connectivity index (χ1n) is 6.20. The Hall–Kier alpha value is -1.88. The first-order valence-corrected chi connectivity index (χ1v) is 6.20. The molecule has 0 unspecified atom stereocenters. The fraction of sp³-hybridized carbons (Fsp3) is 0.429. The molecule has 5 nitrogen and oxygen atoms in total. The third kappa shape index (κ3) is 2.93. The van der Waals surface area contributed by atoms with E-state index < -0.39 is 0 Å². The summed E-state index contributed by atoms with van der Waals surface area (Å²) in [6.07, 6.45) is 0.591. The van der Waals surface area contributed by atoms with Crippen LogP contribution in [-0.4, -0.2) is 24.3 Å². The molecular weight excluding hydrogens is 242 g/mol. The highest BCUT2D eigenvalue weighted by molar-refractivity contribution is 5.35. The molecule has 0 atom stereocenters. The van der Waals surface area contributed by atoms with E-state index in [2.05, 4.69) is 15.5 Å². The number of ether oxygens (including phenoxy) is 1. The molecule has 1 N–H and O–H groups in total. The lowest BCUT2D eigenvalue weighted by molar-refractivity contribution is 0.279. The van der Waals surface area contributed by atoms with Gasteiger partial charge in [-0.3, -0.25) is 0 Å². The summed E-state index contributed by atoms with van der Waals surface area (Å²) in [5.41, 5.74) is 0.714. The van der Waals surface area contributed by atoms with E-state index in [1.54, 1.807) is 7.11 Å². The maximum atomic E-state index is 5.31. The van der Waals surface area contributed by atoms with Gasteiger partial charge in [0.2, 0.25) is 5.89 Å². The van der Waals surface area contributed by atoms with Gasteiger partial charge in [0.05, 0.1) is 12.6 Å². The number of hydrogen-bond donors (Lipinski definition) is 1. The second-order valence-electron chi connectivity index (χ2n) is 4.88. The Kier molecular flexibility index (Phi) is 3.85. The van der Waals surface area contributed by atoms with Crippen molar-refractivity contribution >= 4 is 0 Å². The van der Waals surface area contributed by atoms with Crippen molar-refractivity contribution in [2.75, 3.05) is 14.2 Å². The summed E-state index contributed by atoms with van der Waals surface area (Å²) in [4.78, 5) is 4.43. The van der Waals surface area contributed by atoms with Crippen molar-refractivity contribution < 1.29 is 9.26 Å². The molecule has 102 valence electrons. The van der Waals surface area contributed by atoms with Gasteiger partial charge in [0.15, 0.2) is 5.82 Å². The van der Waals surface area contributed by atoms with E-state index >= 15 is 0 Å². The molecule has 5 heteroatoms. The Balaban J connectivity index is 2.21. The van der Waals surface area contributed by atoms with Gasteiger partial charge in [0.1, 0.15) is 5.75 Å². The van der Waals surface area contributed by atoms with Crippen LogP contribution in [0.1, 0.15) is 31.1 Å². The van der Waals surface area contributed by atoms with E-state index in [9.17, 15) is 0 Å². The molecule has 0 spiro atoms. The van der Waals surface area contributed by atoms with Crippen LogP contribution in [0.4, 0.5) is 0 Å². The topological polar surface area (TPSA) is 60.2 Å². The average Bonchev–Trinajstić information content (AvgIpc) is 2.89. The summed E-state index contributed by atoms with van der Waals surface area (Å²) in [6.45, 7) is 3.99. The molecule has 0 amide bonds. The monoisotopic (exact) mass is 261 g/mol. The number of rotatable bonds is 5. The van der Waals surface area contributed by atoms with Gasteiger partial charge in [0, 0.05) is 12.0 Å². The number of hydrogen-bond acceptors (Lipinski definition) is 5. The smallest absolute Gasteiger partial charge is 0.246 e. The van der Waals surface area contributed by atoms with Crippen LogP contribution < -0.4 is 10.1 Å². The molecule has 0 aliphatic heterocycles. The van der Waals surface area contributed by atoms with Crippen LogP contribution in [0.15, 0.2) is 28.8 Å². The molecule has 1 heterocycles. The van der Waals surface area contributed by atoms with E-state index in [-0.39, 0.29) is 5.54 Å². The van der Waals surface area contributed by atoms with Crippen molar-refractivity contribution in [3.8, 4) is 5.75 Å². The van der Waals surface area contributed by atoms with Gasteiger partial charge in [-0.25, -0.2) is 0 Å². The number of aromatic nitrogens is 2. The molecule has 1 aromatic heterocycles. The zero-order chi connectivity index (χ0) is 13.9. The van der Waals surface area contributed by atoms with E-state index in [4.69, 9.17) is 9.26 Å². The van der Waals surface area contributed by atoms with Crippen molar-refractivity contribution in [2.24, 2.45) is 0 Å². The van der Waals surface area contributed by atoms with Gasteiger partial charge in [-0.1, -0.05) is 23.4 Å². The van der Waals surface area contributed by atoms with E-state index in [1.165, 1.54) is 0 Å². The average molecular weight is 261 g/mol. The number of methoxy groups -OCH3 is 1. The van der Waals surface area contributed by atoms with Crippen molar-refractivity contribution in [1.82, 2.24) is 15.5 Å². The van der Waals surface area contributed by atoms with Crippen molar-refractivity contribution in [2.45, 2.75) is 25.8 Å². The predicted octanol–water partition coefficient (Wildman–Crippen LogP) is 2.12. The standard InChI is InChI=1S/C14H19N3O2/c1-14(2,15-3)13-16-12(17-19-13)9-10-7-5-6-8-11(10)18-4/h5-8,15H,9H2,1-4H3. The van der Waals surface area contributed by atoms with Crippen LogP contribution in [0.2, 0.25) is 0 Å². The van der Waals surface area contributed by atoms with Crippen LogP contribution in [0.3, 0.4) is 0 Å². The summed E-state index contributed by atoms with van der Waals surface area (Å²) >= 11 is 0. The highest BCUT2D eigenvalue weighted by Gasteiger charge is 2.25. The Bertz CT molecular complexity index is 549. The minimum absolute atomic E-state index is 0.327. The van der Waals surface area contributed by atoms with Gasteiger partial charge in [-0.05, 0) is 27.0 Å². The highest BCUT2D eigenvalue weighted by Crippen LogP contribution is 2.22. The van der Waals surface area contributed by atoms with Crippen molar-refractivity contribution in [3.63, 3.8) is 0 Å². The predicted molar refractivity (Wildman–Crippen MR) is 72.2 cm³/mol. The van der Waals surface area contributed by atoms with Crippen LogP contribution in [0.25, 0.3) is 0 Å². The third-order valence-corrected chi connectivity index (χ3v) is 3.17. The molecule has 0 saturated heterocycles. The summed E-state index contributed by atoms with van der Waals surface area (Å²) in [7, 11) is 3.52. The second kappa shape index (κ2) is 5.40. The van der Waals surface area contributed by atoms with Gasteiger partial charge in [0.25, 0.3) is 0 Å².